The number of esters is 3. The molecule has 0 aromatic carbocycles. The molecule has 0 radical (unpaired) electrons. The fourth-order valence-electron chi connectivity index (χ4n) is 6.85. The van der Waals surface area contributed by atoms with Gasteiger partial charge in [-0.05, 0) is 135 Å². The fraction of sp³-hybridized carbons (Fsp3) is 0.493. The van der Waals surface area contributed by atoms with E-state index in [9.17, 15) is 14.4 Å². The van der Waals surface area contributed by atoms with E-state index in [0.29, 0.717) is 19.3 Å². The summed E-state index contributed by atoms with van der Waals surface area (Å²) in [4.78, 5) is 37.7. The Bertz CT molecular complexity index is 1850. The molecule has 0 heterocycles. The second-order valence-corrected chi connectivity index (χ2v) is 18.1. The topological polar surface area (TPSA) is 78.9 Å². The summed E-state index contributed by atoms with van der Waals surface area (Å²) in [5, 5.41) is 0. The Balaban J connectivity index is 4.31. The van der Waals surface area contributed by atoms with Crippen molar-refractivity contribution >= 4 is 17.9 Å². The summed E-state index contributed by atoms with van der Waals surface area (Å²) in [5.41, 5.74) is 0. The van der Waals surface area contributed by atoms with Gasteiger partial charge in [0, 0.05) is 19.3 Å². The zero-order valence-electron chi connectivity index (χ0n) is 47.2. The van der Waals surface area contributed by atoms with Crippen LogP contribution >= 0.6 is 0 Å². The van der Waals surface area contributed by atoms with Crippen LogP contribution in [0.5, 0.6) is 0 Å². The smallest absolute Gasteiger partial charge is 0.306 e. The average molecular weight is 1030 g/mol. The summed E-state index contributed by atoms with van der Waals surface area (Å²) >= 11 is 0. The van der Waals surface area contributed by atoms with Crippen LogP contribution in [0.25, 0.3) is 0 Å². The molecule has 0 aromatic rings. The van der Waals surface area contributed by atoms with Gasteiger partial charge in [0.05, 0.1) is 0 Å². The molecular formula is C69H102O6. The first kappa shape index (κ1) is 69.2. The van der Waals surface area contributed by atoms with Crippen LogP contribution in [-0.4, -0.2) is 37.2 Å². The lowest BCUT2D eigenvalue weighted by Crippen LogP contribution is -2.30. The number of hydrogen-bond acceptors (Lipinski definition) is 6. The lowest BCUT2D eigenvalue weighted by atomic mass is 10.1. The molecule has 6 nitrogen and oxygen atoms in total. The van der Waals surface area contributed by atoms with Crippen molar-refractivity contribution in [1.29, 1.82) is 0 Å². The van der Waals surface area contributed by atoms with Crippen LogP contribution in [0.15, 0.2) is 194 Å². The van der Waals surface area contributed by atoms with Gasteiger partial charge in [-0.1, -0.05) is 241 Å². The molecule has 414 valence electrons. The van der Waals surface area contributed by atoms with Crippen molar-refractivity contribution in [1.82, 2.24) is 0 Å². The van der Waals surface area contributed by atoms with E-state index in [1.54, 1.807) is 0 Å². The van der Waals surface area contributed by atoms with Crippen molar-refractivity contribution in [2.75, 3.05) is 13.2 Å². The molecule has 0 N–H and O–H groups in total. The Morgan fingerprint density at radius 3 is 0.853 bits per heavy atom. The highest BCUT2D eigenvalue weighted by Crippen LogP contribution is 2.10. The lowest BCUT2D eigenvalue weighted by molar-refractivity contribution is -0.166. The highest BCUT2D eigenvalue weighted by atomic mass is 16.6. The first-order chi connectivity index (χ1) is 37.0. The number of ether oxygens (including phenoxy) is 3. The molecule has 0 aliphatic carbocycles. The van der Waals surface area contributed by atoms with Gasteiger partial charge < -0.3 is 14.2 Å². The molecule has 0 aliphatic heterocycles. The zero-order valence-corrected chi connectivity index (χ0v) is 47.2. The van der Waals surface area contributed by atoms with Gasteiger partial charge in [-0.25, -0.2) is 0 Å². The minimum Gasteiger partial charge on any atom is -0.462 e. The van der Waals surface area contributed by atoms with Crippen LogP contribution in [0.4, 0.5) is 0 Å². The molecular weight excluding hydrogens is 925 g/mol. The van der Waals surface area contributed by atoms with E-state index in [-0.39, 0.29) is 38.0 Å². The van der Waals surface area contributed by atoms with Crippen LogP contribution < -0.4 is 0 Å². The van der Waals surface area contributed by atoms with E-state index in [1.807, 2.05) is 12.2 Å². The Labute approximate surface area is 458 Å². The molecule has 1 unspecified atom stereocenters. The highest BCUT2D eigenvalue weighted by molar-refractivity contribution is 5.71. The average Bonchev–Trinajstić information content (AvgIpc) is 3.41. The summed E-state index contributed by atoms with van der Waals surface area (Å²) in [5.74, 6) is -1.10. The molecule has 0 saturated heterocycles. The number of carbonyl (C=O) groups excluding carboxylic acids is 3. The van der Waals surface area contributed by atoms with E-state index in [1.165, 1.54) is 0 Å². The molecule has 6 heteroatoms. The van der Waals surface area contributed by atoms with Crippen LogP contribution in [0.1, 0.15) is 201 Å². The van der Waals surface area contributed by atoms with Gasteiger partial charge in [-0.2, -0.15) is 0 Å². The Hall–Kier alpha value is -5.75. The Morgan fingerprint density at radius 1 is 0.280 bits per heavy atom. The minimum atomic E-state index is -0.844. The maximum atomic E-state index is 12.7. The van der Waals surface area contributed by atoms with E-state index < -0.39 is 12.1 Å². The standard InChI is InChI=1S/C69H102O6/c1-4-7-10-13-15-17-19-21-23-25-27-28-29-30-31-32-33-34-35-36-37-38-39-40-42-43-45-47-49-51-53-56-59-62-68(71)74-65-66(64-73-67(70)61-58-55-12-9-6-3)75-69(72)63-60-57-54-52-50-48-46-44-41-26-24-22-20-18-16-14-11-8-5-2/h7-8,10-11,15-18,21-24,27-28,30-31,33-34,36-37,39-41,43-45,48-51,54,57,66H,4-6,9,12-14,19-20,25-26,29,32,35,38,42,46-47,52-53,55-56,58-65H2,1-3H3/b10-7-,11-8-,17-15-,18-16-,23-21-,24-22-,28-27-,31-30-,34-33-,37-36-,40-39-,44-41-,45-43-,50-48-,51-49-,57-54-. The number of allylic oxidation sites excluding steroid dienone is 32. The SMILES string of the molecule is CC/C=C\C/C=C\C/C=C\C/C=C\C/C=C\C/C=C\C/C=C\C/C=C\C/C=C\C/C=C\CCCCC(=O)OCC(COC(=O)CCCCCCC)OC(=O)CC/C=C\C/C=C\C/C=C\C/C=C\C/C=C\C/C=C\CC. The minimum absolute atomic E-state index is 0.133. The molecule has 0 rings (SSSR count). The van der Waals surface area contributed by atoms with Crippen molar-refractivity contribution in [3.8, 4) is 0 Å². The molecule has 0 fully saturated rings. The maximum Gasteiger partial charge on any atom is 0.306 e. The maximum absolute atomic E-state index is 12.7. The van der Waals surface area contributed by atoms with Gasteiger partial charge in [-0.15, -0.1) is 0 Å². The third-order valence-corrected chi connectivity index (χ3v) is 11.1. The van der Waals surface area contributed by atoms with E-state index in [2.05, 4.69) is 203 Å². The van der Waals surface area contributed by atoms with Crippen LogP contribution in [0.3, 0.4) is 0 Å². The molecule has 0 aromatic heterocycles. The normalized spacial score (nSPS) is 13.6. The van der Waals surface area contributed by atoms with Crippen LogP contribution in [0.2, 0.25) is 0 Å². The third kappa shape index (κ3) is 59.0. The second kappa shape index (κ2) is 60.8. The molecule has 0 aliphatic rings. The van der Waals surface area contributed by atoms with Crippen molar-refractivity contribution in [2.45, 2.75) is 207 Å². The van der Waals surface area contributed by atoms with Crippen molar-refractivity contribution in [3.63, 3.8) is 0 Å². The molecule has 0 amide bonds. The molecule has 75 heavy (non-hydrogen) atoms. The first-order valence-corrected chi connectivity index (χ1v) is 28.9. The molecule has 0 spiro atoms. The van der Waals surface area contributed by atoms with Gasteiger partial charge in [-0.3, -0.25) is 14.4 Å². The summed E-state index contributed by atoms with van der Waals surface area (Å²) in [6.07, 6.45) is 93.4. The third-order valence-electron chi connectivity index (χ3n) is 11.1. The number of hydrogen-bond donors (Lipinski definition) is 0. The first-order valence-electron chi connectivity index (χ1n) is 28.9. The van der Waals surface area contributed by atoms with Crippen molar-refractivity contribution in [2.24, 2.45) is 0 Å². The van der Waals surface area contributed by atoms with Crippen molar-refractivity contribution < 1.29 is 28.6 Å². The number of rotatable bonds is 49. The summed E-state index contributed by atoms with van der Waals surface area (Å²) < 4.78 is 16.6. The fourth-order valence-corrected chi connectivity index (χ4v) is 6.85. The van der Waals surface area contributed by atoms with E-state index in [0.717, 1.165) is 148 Å². The monoisotopic (exact) mass is 1030 g/mol. The van der Waals surface area contributed by atoms with Gasteiger partial charge in [0.2, 0.25) is 0 Å². The van der Waals surface area contributed by atoms with Crippen LogP contribution in [0, 0.1) is 0 Å². The molecule has 0 saturated carbocycles. The molecule has 0 bridgehead atoms. The number of carbonyl (C=O) groups is 3. The zero-order chi connectivity index (χ0) is 54.3. The predicted octanol–water partition coefficient (Wildman–Crippen LogP) is 19.9. The van der Waals surface area contributed by atoms with Crippen LogP contribution in [-0.2, 0) is 28.6 Å². The highest BCUT2D eigenvalue weighted by Gasteiger charge is 2.19. The van der Waals surface area contributed by atoms with E-state index in [4.69, 9.17) is 14.2 Å². The molecule has 1 atom stereocenters. The van der Waals surface area contributed by atoms with Crippen molar-refractivity contribution in [3.05, 3.63) is 194 Å². The Kier molecular flexibility index (Phi) is 56.1. The quantitative estimate of drug-likeness (QED) is 0.0261. The van der Waals surface area contributed by atoms with Gasteiger partial charge in [0.25, 0.3) is 0 Å². The summed E-state index contributed by atoms with van der Waals surface area (Å²) in [6, 6.07) is 0. The number of unbranched alkanes of at least 4 members (excludes halogenated alkanes) is 6. The summed E-state index contributed by atoms with van der Waals surface area (Å²) in [7, 11) is 0. The van der Waals surface area contributed by atoms with Gasteiger partial charge in [0.1, 0.15) is 13.2 Å². The van der Waals surface area contributed by atoms with Gasteiger partial charge >= 0.3 is 17.9 Å². The second-order valence-electron chi connectivity index (χ2n) is 18.1. The van der Waals surface area contributed by atoms with E-state index >= 15 is 0 Å². The predicted molar refractivity (Wildman–Crippen MR) is 324 cm³/mol. The van der Waals surface area contributed by atoms with Gasteiger partial charge in [0.15, 0.2) is 6.10 Å². The largest absolute Gasteiger partial charge is 0.462 e. The Morgan fingerprint density at radius 2 is 0.547 bits per heavy atom. The summed E-state index contributed by atoms with van der Waals surface area (Å²) in [6.45, 7) is 6.19. The lowest BCUT2D eigenvalue weighted by Gasteiger charge is -2.18.